The van der Waals surface area contributed by atoms with Crippen LogP contribution in [0.2, 0.25) is 0 Å². The molecule has 3 rings (SSSR count). The molecule has 130 valence electrons. The molecule has 1 aromatic heterocycles. The monoisotopic (exact) mass is 352 g/mol. The molecule has 0 fully saturated rings. The highest BCUT2D eigenvalue weighted by Crippen LogP contribution is 2.25. The molecule has 9 nitrogen and oxygen atoms in total. The van der Waals surface area contributed by atoms with Crippen LogP contribution in [0.4, 0.5) is 10.7 Å². The van der Waals surface area contributed by atoms with Crippen molar-refractivity contribution in [3.63, 3.8) is 0 Å². The lowest BCUT2D eigenvalue weighted by atomic mass is 10.0. The van der Waals surface area contributed by atoms with E-state index in [1.807, 2.05) is 18.2 Å². The highest BCUT2D eigenvalue weighted by molar-refractivity contribution is 6.05. The molecule has 2 amide bonds. The average molecular weight is 352 g/mol. The minimum atomic E-state index is -0.783. The molecule has 26 heavy (non-hydrogen) atoms. The van der Waals surface area contributed by atoms with Crippen molar-refractivity contribution in [3.8, 4) is 5.75 Å². The zero-order valence-corrected chi connectivity index (χ0v) is 13.2. The van der Waals surface area contributed by atoms with E-state index in [0.29, 0.717) is 5.56 Å². The zero-order valence-electron chi connectivity index (χ0n) is 13.2. The van der Waals surface area contributed by atoms with E-state index in [0.717, 1.165) is 17.0 Å². The van der Waals surface area contributed by atoms with Crippen molar-refractivity contribution in [2.75, 3.05) is 0 Å². The number of hydrogen-bond acceptors (Lipinski definition) is 6. The summed E-state index contributed by atoms with van der Waals surface area (Å²) < 4.78 is 4.85. The number of nitrogens with one attached hydrogen (secondary N) is 1. The van der Waals surface area contributed by atoms with E-state index < -0.39 is 16.8 Å². The summed E-state index contributed by atoms with van der Waals surface area (Å²) in [4.78, 5) is 25.2. The van der Waals surface area contributed by atoms with Gasteiger partial charge in [-0.1, -0.05) is 30.3 Å². The van der Waals surface area contributed by atoms with Gasteiger partial charge in [-0.15, -0.1) is 0 Å². The summed E-state index contributed by atoms with van der Waals surface area (Å²) in [6, 6.07) is 12.4. The summed E-state index contributed by atoms with van der Waals surface area (Å²) in [5.41, 5.74) is 2.53. The number of nitrogens with zero attached hydrogens (tertiary/aromatic N) is 3. The molecule has 3 aromatic rings. The summed E-state index contributed by atoms with van der Waals surface area (Å²) in [5.74, 6) is -0.332. The van der Waals surface area contributed by atoms with Crippen molar-refractivity contribution in [1.82, 2.24) is 5.43 Å². The highest BCUT2D eigenvalue weighted by atomic mass is 16.6. The Morgan fingerprint density at radius 1 is 1.15 bits per heavy atom. The second kappa shape index (κ2) is 7.26. The van der Waals surface area contributed by atoms with Crippen LogP contribution in [0.25, 0.3) is 10.8 Å². The Morgan fingerprint density at radius 3 is 2.73 bits per heavy atom. The number of furan rings is 1. The van der Waals surface area contributed by atoms with Crippen LogP contribution in [0.5, 0.6) is 5.75 Å². The van der Waals surface area contributed by atoms with E-state index in [-0.39, 0.29) is 11.5 Å². The molecule has 0 aliphatic carbocycles. The number of urea groups is 1. The van der Waals surface area contributed by atoms with Crippen LogP contribution in [0.1, 0.15) is 11.3 Å². The van der Waals surface area contributed by atoms with Crippen molar-refractivity contribution in [2.24, 2.45) is 10.1 Å². The maximum absolute atomic E-state index is 11.7. The largest absolute Gasteiger partial charge is 0.507 e. The second-order valence-corrected chi connectivity index (χ2v) is 5.09. The Kier molecular flexibility index (Phi) is 4.70. The number of phenolic OH excluding ortho intramolecular Hbond substituents is 1. The third-order valence-corrected chi connectivity index (χ3v) is 3.40. The van der Waals surface area contributed by atoms with E-state index >= 15 is 0 Å². The van der Waals surface area contributed by atoms with Crippen LogP contribution < -0.4 is 5.43 Å². The van der Waals surface area contributed by atoms with Gasteiger partial charge in [0.25, 0.3) is 0 Å². The SMILES string of the molecule is O=C(/N=C/c1c(O)ccc2ccccc12)N/N=C/c1ccc([N+](=O)[O-])o1. The normalized spacial score (nSPS) is 11.4. The van der Waals surface area contributed by atoms with Gasteiger partial charge in [0, 0.05) is 11.8 Å². The van der Waals surface area contributed by atoms with Gasteiger partial charge in [-0.2, -0.15) is 10.1 Å². The van der Waals surface area contributed by atoms with Crippen molar-refractivity contribution in [2.45, 2.75) is 0 Å². The predicted octanol–water partition coefficient (Wildman–Crippen LogP) is 3.21. The fourth-order valence-corrected chi connectivity index (χ4v) is 2.23. The first-order chi connectivity index (χ1) is 12.5. The predicted molar refractivity (Wildman–Crippen MR) is 94.7 cm³/mol. The van der Waals surface area contributed by atoms with Gasteiger partial charge >= 0.3 is 11.9 Å². The number of benzene rings is 2. The first-order valence-electron chi connectivity index (χ1n) is 7.36. The minimum absolute atomic E-state index is 0.00773. The minimum Gasteiger partial charge on any atom is -0.507 e. The number of hydrogen-bond donors (Lipinski definition) is 2. The smallest absolute Gasteiger partial charge is 0.433 e. The lowest BCUT2D eigenvalue weighted by Gasteiger charge is -2.04. The maximum Gasteiger partial charge on any atom is 0.433 e. The number of fused-ring (bicyclic) bond motifs is 1. The van der Waals surface area contributed by atoms with Crippen molar-refractivity contribution < 1.29 is 19.2 Å². The third-order valence-electron chi connectivity index (χ3n) is 3.40. The molecule has 1 heterocycles. The molecule has 0 saturated carbocycles. The number of rotatable bonds is 4. The molecular formula is C17H12N4O5. The molecule has 0 bridgehead atoms. The summed E-state index contributed by atoms with van der Waals surface area (Å²) >= 11 is 0. The number of nitro groups is 1. The molecule has 0 radical (unpaired) electrons. The summed E-state index contributed by atoms with van der Waals surface area (Å²) in [5, 5.41) is 25.7. The van der Waals surface area contributed by atoms with E-state index in [1.54, 1.807) is 12.1 Å². The average Bonchev–Trinajstić information content (AvgIpc) is 3.10. The highest BCUT2D eigenvalue weighted by Gasteiger charge is 2.10. The fourth-order valence-electron chi connectivity index (χ4n) is 2.23. The molecule has 2 N–H and O–H groups in total. The summed E-state index contributed by atoms with van der Waals surface area (Å²) in [6.07, 6.45) is 2.34. The Hall–Kier alpha value is -4.01. The number of hydrazone groups is 1. The molecular weight excluding hydrogens is 340 g/mol. The fraction of sp³-hybridized carbons (Fsp3) is 0. The molecule has 0 unspecified atom stereocenters. The number of carbonyl (C=O) groups excluding carboxylic acids is 1. The van der Waals surface area contributed by atoms with Crippen LogP contribution >= 0.6 is 0 Å². The number of carbonyl (C=O) groups is 1. The van der Waals surface area contributed by atoms with Gasteiger partial charge in [0.15, 0.2) is 5.76 Å². The van der Waals surface area contributed by atoms with E-state index in [1.165, 1.54) is 24.4 Å². The Bertz CT molecular complexity index is 1040. The topological polar surface area (TPSA) is 130 Å². The maximum atomic E-state index is 11.7. The number of aliphatic imine (C=N–C) groups is 1. The van der Waals surface area contributed by atoms with Crippen molar-refractivity contribution in [3.05, 3.63) is 70.0 Å². The number of phenols is 1. The summed E-state index contributed by atoms with van der Waals surface area (Å²) in [6.45, 7) is 0. The van der Waals surface area contributed by atoms with E-state index in [9.17, 15) is 20.0 Å². The lowest BCUT2D eigenvalue weighted by Crippen LogP contribution is -2.12. The van der Waals surface area contributed by atoms with Gasteiger partial charge in [-0.3, -0.25) is 10.1 Å². The molecule has 0 saturated heterocycles. The molecule has 2 aromatic carbocycles. The van der Waals surface area contributed by atoms with Crippen LogP contribution in [0.3, 0.4) is 0 Å². The molecule has 0 aliphatic heterocycles. The third kappa shape index (κ3) is 3.73. The van der Waals surface area contributed by atoms with E-state index in [4.69, 9.17) is 4.42 Å². The van der Waals surface area contributed by atoms with Gasteiger partial charge in [0.2, 0.25) is 0 Å². The van der Waals surface area contributed by atoms with Crippen LogP contribution in [-0.4, -0.2) is 28.5 Å². The van der Waals surface area contributed by atoms with Crippen molar-refractivity contribution in [1.29, 1.82) is 0 Å². The summed E-state index contributed by atoms with van der Waals surface area (Å²) in [7, 11) is 0. The van der Waals surface area contributed by atoms with Crippen LogP contribution in [0, 0.1) is 10.1 Å². The Balaban J connectivity index is 1.69. The molecule has 9 heteroatoms. The molecule has 0 spiro atoms. The first kappa shape index (κ1) is 16.8. The second-order valence-electron chi connectivity index (χ2n) is 5.09. The number of aromatic hydroxyl groups is 1. The number of amides is 2. The van der Waals surface area contributed by atoms with E-state index in [2.05, 4.69) is 15.5 Å². The quantitative estimate of drug-likeness (QED) is 0.423. The van der Waals surface area contributed by atoms with Crippen molar-refractivity contribution >= 4 is 35.1 Å². The van der Waals surface area contributed by atoms with Gasteiger partial charge < -0.3 is 9.52 Å². The molecule has 0 atom stereocenters. The van der Waals surface area contributed by atoms with Gasteiger partial charge in [0.1, 0.15) is 10.7 Å². The van der Waals surface area contributed by atoms with Gasteiger partial charge in [-0.05, 0) is 22.9 Å². The lowest BCUT2D eigenvalue weighted by molar-refractivity contribution is -0.402. The standard InChI is InChI=1S/C17H12N4O5/c22-15-7-5-11-3-1-2-4-13(11)14(15)10-18-17(23)20-19-9-12-6-8-16(26-12)21(24)25/h1-10,22H,(H,20,23)/b18-10+,19-9+. The first-order valence-corrected chi connectivity index (χ1v) is 7.36. The van der Waals surface area contributed by atoms with Crippen LogP contribution in [0.15, 0.2) is 63.0 Å². The zero-order chi connectivity index (χ0) is 18.5. The van der Waals surface area contributed by atoms with Crippen LogP contribution in [-0.2, 0) is 0 Å². The Morgan fingerprint density at radius 2 is 1.96 bits per heavy atom. The van der Waals surface area contributed by atoms with Gasteiger partial charge in [-0.25, -0.2) is 10.2 Å². The Labute approximate surface area is 146 Å². The molecule has 0 aliphatic rings. The van der Waals surface area contributed by atoms with Gasteiger partial charge in [0.05, 0.1) is 12.3 Å².